The molecule has 0 spiro atoms. The molecule has 1 saturated carbocycles. The van der Waals surface area contributed by atoms with Crippen molar-refractivity contribution in [3.05, 3.63) is 34.6 Å². The largest absolute Gasteiger partial charge is 0.393 e. The van der Waals surface area contributed by atoms with Crippen molar-refractivity contribution in [2.24, 2.45) is 5.41 Å². The first kappa shape index (κ1) is 10.9. The Bertz CT molecular complexity index is 389. The van der Waals surface area contributed by atoms with Crippen LogP contribution in [-0.2, 0) is 0 Å². The van der Waals surface area contributed by atoms with Crippen LogP contribution in [-0.4, -0.2) is 11.2 Å². The van der Waals surface area contributed by atoms with Gasteiger partial charge in [-0.3, -0.25) is 0 Å². The van der Waals surface area contributed by atoms with Crippen LogP contribution in [0, 0.1) is 11.2 Å². The van der Waals surface area contributed by atoms with Crippen LogP contribution in [0.15, 0.2) is 18.2 Å². The van der Waals surface area contributed by atoms with Crippen LogP contribution in [0.25, 0.3) is 0 Å². The molecular weight excluding hydrogens is 215 g/mol. The summed E-state index contributed by atoms with van der Waals surface area (Å²) < 4.78 is 12.9. The summed E-state index contributed by atoms with van der Waals surface area (Å²) in [6.07, 6.45) is 0.418. The van der Waals surface area contributed by atoms with Gasteiger partial charge in [-0.15, -0.1) is 0 Å². The van der Waals surface area contributed by atoms with Gasteiger partial charge >= 0.3 is 0 Å². The van der Waals surface area contributed by atoms with Crippen molar-refractivity contribution in [2.45, 2.75) is 32.3 Å². The smallest absolute Gasteiger partial charge is 0.124 e. The number of hydrogen-bond acceptors (Lipinski definition) is 1. The molecule has 0 bridgehead atoms. The molecule has 15 heavy (non-hydrogen) atoms. The molecule has 3 heteroatoms. The Morgan fingerprint density at radius 2 is 2.13 bits per heavy atom. The third kappa shape index (κ3) is 1.66. The van der Waals surface area contributed by atoms with Gasteiger partial charge in [0.05, 0.1) is 6.10 Å². The van der Waals surface area contributed by atoms with E-state index in [1.807, 2.05) is 13.8 Å². The molecule has 0 aromatic heterocycles. The van der Waals surface area contributed by atoms with Gasteiger partial charge in [0.15, 0.2) is 0 Å². The number of benzene rings is 1. The van der Waals surface area contributed by atoms with Gasteiger partial charge in [0.1, 0.15) is 5.82 Å². The second-order valence-electron chi connectivity index (χ2n) is 4.79. The molecular formula is C12H14ClFO. The summed E-state index contributed by atoms with van der Waals surface area (Å²) >= 11 is 5.99. The van der Waals surface area contributed by atoms with E-state index in [0.717, 1.165) is 5.56 Å². The van der Waals surface area contributed by atoms with Crippen molar-refractivity contribution < 1.29 is 9.50 Å². The van der Waals surface area contributed by atoms with Crippen molar-refractivity contribution in [3.8, 4) is 0 Å². The Balaban J connectivity index is 2.32. The van der Waals surface area contributed by atoms with Crippen LogP contribution in [0.5, 0.6) is 0 Å². The van der Waals surface area contributed by atoms with E-state index in [0.29, 0.717) is 11.4 Å². The number of halogens is 2. The third-order valence-corrected chi connectivity index (χ3v) is 3.88. The van der Waals surface area contributed by atoms with E-state index in [2.05, 4.69) is 0 Å². The summed E-state index contributed by atoms with van der Waals surface area (Å²) in [5.41, 5.74) is 0.773. The first-order valence-corrected chi connectivity index (χ1v) is 5.43. The summed E-state index contributed by atoms with van der Waals surface area (Å²) in [4.78, 5) is 0. The van der Waals surface area contributed by atoms with Crippen LogP contribution in [0.4, 0.5) is 4.39 Å². The van der Waals surface area contributed by atoms with Crippen molar-refractivity contribution >= 4 is 11.6 Å². The Kier molecular flexibility index (Phi) is 2.52. The number of aliphatic hydroxyl groups is 1. The van der Waals surface area contributed by atoms with E-state index >= 15 is 0 Å². The molecule has 1 fully saturated rings. The lowest BCUT2D eigenvalue weighted by atomic mass is 9.58. The number of hydrogen-bond donors (Lipinski definition) is 1. The Hall–Kier alpha value is -0.600. The first-order chi connectivity index (χ1) is 6.93. The summed E-state index contributed by atoms with van der Waals surface area (Å²) in [6, 6.07) is 4.47. The molecule has 82 valence electrons. The van der Waals surface area contributed by atoms with Crippen molar-refractivity contribution in [1.29, 1.82) is 0 Å². The molecule has 2 rings (SSSR count). The SMILES string of the molecule is CC1(C)C(O)CC1c1ccc(F)cc1Cl. The Labute approximate surface area is 93.9 Å². The predicted octanol–water partition coefficient (Wildman–Crippen LogP) is 3.35. The normalized spacial score (nSPS) is 28.6. The van der Waals surface area contributed by atoms with Crippen molar-refractivity contribution in [1.82, 2.24) is 0 Å². The van der Waals surface area contributed by atoms with Crippen LogP contribution in [0.1, 0.15) is 31.7 Å². The van der Waals surface area contributed by atoms with E-state index < -0.39 is 0 Å². The van der Waals surface area contributed by atoms with E-state index in [-0.39, 0.29) is 23.3 Å². The van der Waals surface area contributed by atoms with E-state index in [9.17, 15) is 9.50 Å². The monoisotopic (exact) mass is 228 g/mol. The molecule has 1 aromatic rings. The zero-order valence-corrected chi connectivity index (χ0v) is 9.55. The number of rotatable bonds is 1. The maximum Gasteiger partial charge on any atom is 0.124 e. The fraction of sp³-hybridized carbons (Fsp3) is 0.500. The third-order valence-electron chi connectivity index (χ3n) is 3.55. The van der Waals surface area contributed by atoms with Crippen molar-refractivity contribution in [3.63, 3.8) is 0 Å². The highest BCUT2D eigenvalue weighted by Crippen LogP contribution is 2.53. The second-order valence-corrected chi connectivity index (χ2v) is 5.20. The van der Waals surface area contributed by atoms with Gasteiger partial charge in [0.25, 0.3) is 0 Å². The molecule has 2 atom stereocenters. The van der Waals surface area contributed by atoms with Gasteiger partial charge < -0.3 is 5.11 Å². The van der Waals surface area contributed by atoms with Crippen LogP contribution < -0.4 is 0 Å². The summed E-state index contributed by atoms with van der Waals surface area (Å²) in [5, 5.41) is 10.1. The van der Waals surface area contributed by atoms with Crippen LogP contribution in [0.3, 0.4) is 0 Å². The van der Waals surface area contributed by atoms with Gasteiger partial charge in [0.2, 0.25) is 0 Å². The quantitative estimate of drug-likeness (QED) is 0.782. The molecule has 0 amide bonds. The average molecular weight is 229 g/mol. The second kappa shape index (κ2) is 3.46. The summed E-state index contributed by atoms with van der Waals surface area (Å²) in [5.74, 6) is -0.0953. The van der Waals surface area contributed by atoms with Gasteiger partial charge in [-0.2, -0.15) is 0 Å². The van der Waals surface area contributed by atoms with Gasteiger partial charge in [0, 0.05) is 5.02 Å². The topological polar surface area (TPSA) is 20.2 Å². The Morgan fingerprint density at radius 1 is 1.47 bits per heavy atom. The maximum absolute atomic E-state index is 12.9. The highest BCUT2D eigenvalue weighted by Gasteiger charge is 2.48. The lowest BCUT2D eigenvalue weighted by molar-refractivity contribution is -0.0625. The van der Waals surface area contributed by atoms with E-state index in [4.69, 9.17) is 11.6 Å². The minimum Gasteiger partial charge on any atom is -0.393 e. The summed E-state index contributed by atoms with van der Waals surface area (Å²) in [6.45, 7) is 4.01. The molecule has 0 saturated heterocycles. The van der Waals surface area contributed by atoms with Crippen LogP contribution in [0.2, 0.25) is 5.02 Å². The fourth-order valence-corrected chi connectivity index (χ4v) is 2.51. The number of aliphatic hydroxyl groups excluding tert-OH is 1. The standard InChI is InChI=1S/C12H14ClFO/c1-12(2)9(6-11(12)15)8-4-3-7(14)5-10(8)13/h3-5,9,11,15H,6H2,1-2H3. The van der Waals surface area contributed by atoms with Gasteiger partial charge in [-0.1, -0.05) is 31.5 Å². The highest BCUT2D eigenvalue weighted by molar-refractivity contribution is 6.31. The first-order valence-electron chi connectivity index (χ1n) is 5.06. The van der Waals surface area contributed by atoms with Crippen molar-refractivity contribution in [2.75, 3.05) is 0 Å². The van der Waals surface area contributed by atoms with E-state index in [1.165, 1.54) is 12.1 Å². The minimum absolute atomic E-state index is 0.165. The molecule has 0 heterocycles. The van der Waals surface area contributed by atoms with E-state index in [1.54, 1.807) is 6.07 Å². The fourth-order valence-electron chi connectivity index (χ4n) is 2.21. The molecule has 0 aliphatic heterocycles. The summed E-state index contributed by atoms with van der Waals surface area (Å²) in [7, 11) is 0. The molecule has 1 aliphatic rings. The Morgan fingerprint density at radius 3 is 2.60 bits per heavy atom. The molecule has 1 nitrogen and oxygen atoms in total. The lowest BCUT2D eigenvalue weighted by Gasteiger charge is -2.49. The minimum atomic E-state index is -0.318. The predicted molar refractivity (Wildman–Crippen MR) is 58.6 cm³/mol. The molecule has 2 unspecified atom stereocenters. The molecule has 0 radical (unpaired) electrons. The van der Waals surface area contributed by atoms with Crippen LogP contribution >= 0.6 is 11.6 Å². The highest BCUT2D eigenvalue weighted by atomic mass is 35.5. The van der Waals surface area contributed by atoms with Gasteiger partial charge in [-0.25, -0.2) is 4.39 Å². The maximum atomic E-state index is 12.9. The zero-order valence-electron chi connectivity index (χ0n) is 8.80. The average Bonchev–Trinajstić information content (AvgIpc) is 2.15. The molecule has 1 aliphatic carbocycles. The zero-order chi connectivity index (χ0) is 11.2. The molecule has 1 N–H and O–H groups in total. The van der Waals surface area contributed by atoms with Gasteiger partial charge in [-0.05, 0) is 35.4 Å². The lowest BCUT2D eigenvalue weighted by Crippen LogP contribution is -2.47. The molecule has 1 aromatic carbocycles.